The van der Waals surface area contributed by atoms with Gasteiger partial charge in [-0.05, 0) is 52.1 Å². The molecule has 3 heteroatoms. The Bertz CT molecular complexity index is 192. The molecule has 1 heterocycles. The van der Waals surface area contributed by atoms with Crippen LogP contribution < -0.4 is 5.32 Å². The summed E-state index contributed by atoms with van der Waals surface area (Å²) in [6, 6.07) is 0.982. The predicted octanol–water partition coefficient (Wildman–Crippen LogP) is 0.974. The minimum atomic E-state index is -0.101. The highest BCUT2D eigenvalue weighted by molar-refractivity contribution is 4.84. The van der Waals surface area contributed by atoms with Gasteiger partial charge in [0.15, 0.2) is 0 Å². The summed E-state index contributed by atoms with van der Waals surface area (Å²) in [5.41, 5.74) is 0. The molecule has 1 aliphatic carbocycles. The van der Waals surface area contributed by atoms with Crippen molar-refractivity contribution in [3.8, 4) is 0 Å². The SMILES string of the molecule is CC(CNC1CCCC1O)N1CCCC1. The van der Waals surface area contributed by atoms with Crippen LogP contribution in [0, 0.1) is 0 Å². The van der Waals surface area contributed by atoms with Crippen molar-refractivity contribution < 1.29 is 5.11 Å². The second kappa shape index (κ2) is 5.28. The van der Waals surface area contributed by atoms with Gasteiger partial charge in [0.1, 0.15) is 0 Å². The molecule has 15 heavy (non-hydrogen) atoms. The molecule has 3 nitrogen and oxygen atoms in total. The van der Waals surface area contributed by atoms with E-state index < -0.39 is 0 Å². The van der Waals surface area contributed by atoms with E-state index in [4.69, 9.17) is 0 Å². The molecule has 3 atom stereocenters. The second-order valence-corrected chi connectivity index (χ2v) is 5.11. The Balaban J connectivity index is 1.67. The number of hydrogen-bond donors (Lipinski definition) is 2. The predicted molar refractivity (Wildman–Crippen MR) is 61.9 cm³/mol. The number of aliphatic hydroxyl groups is 1. The summed E-state index contributed by atoms with van der Waals surface area (Å²) in [6.07, 6.45) is 5.92. The van der Waals surface area contributed by atoms with Crippen molar-refractivity contribution in [2.75, 3.05) is 19.6 Å². The summed E-state index contributed by atoms with van der Waals surface area (Å²) in [5, 5.41) is 13.2. The van der Waals surface area contributed by atoms with Crippen LogP contribution in [0.1, 0.15) is 39.0 Å². The van der Waals surface area contributed by atoms with Crippen LogP contribution in [0.3, 0.4) is 0 Å². The number of nitrogens with zero attached hydrogens (tertiary/aromatic N) is 1. The third kappa shape index (κ3) is 2.92. The highest BCUT2D eigenvalue weighted by atomic mass is 16.3. The van der Waals surface area contributed by atoms with Gasteiger partial charge >= 0.3 is 0 Å². The molecular weight excluding hydrogens is 188 g/mol. The maximum atomic E-state index is 9.69. The van der Waals surface area contributed by atoms with Crippen molar-refractivity contribution in [1.29, 1.82) is 0 Å². The smallest absolute Gasteiger partial charge is 0.0693 e. The van der Waals surface area contributed by atoms with Gasteiger partial charge in [-0.3, -0.25) is 4.90 Å². The Kier molecular flexibility index (Phi) is 4.00. The lowest BCUT2D eigenvalue weighted by Crippen LogP contribution is -2.44. The zero-order valence-electron chi connectivity index (χ0n) is 9.78. The molecule has 2 fully saturated rings. The van der Waals surface area contributed by atoms with Gasteiger partial charge in [0.05, 0.1) is 6.10 Å². The lowest BCUT2D eigenvalue weighted by atomic mass is 10.2. The van der Waals surface area contributed by atoms with Gasteiger partial charge in [0.2, 0.25) is 0 Å². The lowest BCUT2D eigenvalue weighted by Gasteiger charge is -2.26. The molecule has 1 aliphatic heterocycles. The molecular formula is C12H24N2O. The average Bonchev–Trinajstić information content (AvgIpc) is 2.85. The molecule has 2 aliphatic rings. The fourth-order valence-electron chi connectivity index (χ4n) is 2.81. The molecule has 0 spiro atoms. The van der Waals surface area contributed by atoms with E-state index in [2.05, 4.69) is 17.1 Å². The van der Waals surface area contributed by atoms with Crippen LogP contribution in [0.4, 0.5) is 0 Å². The van der Waals surface area contributed by atoms with Crippen LogP contribution in [-0.2, 0) is 0 Å². The van der Waals surface area contributed by atoms with Gasteiger partial charge < -0.3 is 10.4 Å². The maximum Gasteiger partial charge on any atom is 0.0693 e. The van der Waals surface area contributed by atoms with Crippen LogP contribution in [0.25, 0.3) is 0 Å². The van der Waals surface area contributed by atoms with Crippen LogP contribution in [0.2, 0.25) is 0 Å². The zero-order valence-corrected chi connectivity index (χ0v) is 9.78. The summed E-state index contributed by atoms with van der Waals surface area (Å²) >= 11 is 0. The molecule has 3 unspecified atom stereocenters. The van der Waals surface area contributed by atoms with Gasteiger partial charge in [0.25, 0.3) is 0 Å². The van der Waals surface area contributed by atoms with E-state index in [0.717, 1.165) is 19.4 Å². The van der Waals surface area contributed by atoms with E-state index in [1.54, 1.807) is 0 Å². The fourth-order valence-corrected chi connectivity index (χ4v) is 2.81. The van der Waals surface area contributed by atoms with E-state index in [1.165, 1.54) is 32.4 Å². The van der Waals surface area contributed by atoms with Crippen molar-refractivity contribution in [3.63, 3.8) is 0 Å². The number of rotatable bonds is 4. The second-order valence-electron chi connectivity index (χ2n) is 5.11. The molecule has 0 aromatic rings. The average molecular weight is 212 g/mol. The number of likely N-dealkylation sites (tertiary alicyclic amines) is 1. The first-order valence-electron chi connectivity index (χ1n) is 6.43. The summed E-state index contributed by atoms with van der Waals surface area (Å²) in [7, 11) is 0. The van der Waals surface area contributed by atoms with Crippen molar-refractivity contribution in [2.24, 2.45) is 0 Å². The van der Waals surface area contributed by atoms with E-state index >= 15 is 0 Å². The van der Waals surface area contributed by atoms with Gasteiger partial charge in [-0.2, -0.15) is 0 Å². The lowest BCUT2D eigenvalue weighted by molar-refractivity contribution is 0.142. The summed E-state index contributed by atoms with van der Waals surface area (Å²) in [4.78, 5) is 2.55. The first-order valence-corrected chi connectivity index (χ1v) is 6.43. The molecule has 2 N–H and O–H groups in total. The third-order valence-corrected chi connectivity index (χ3v) is 3.92. The first kappa shape index (κ1) is 11.4. The van der Waals surface area contributed by atoms with E-state index in [1.807, 2.05) is 0 Å². The van der Waals surface area contributed by atoms with Gasteiger partial charge in [-0.15, -0.1) is 0 Å². The van der Waals surface area contributed by atoms with Crippen LogP contribution in [-0.4, -0.2) is 47.8 Å². The fraction of sp³-hybridized carbons (Fsp3) is 1.00. The molecule has 0 amide bonds. The van der Waals surface area contributed by atoms with E-state index in [9.17, 15) is 5.11 Å². The summed E-state index contributed by atoms with van der Waals surface area (Å²) in [6.45, 7) is 5.84. The molecule has 0 aromatic heterocycles. The van der Waals surface area contributed by atoms with Crippen LogP contribution in [0.5, 0.6) is 0 Å². The largest absolute Gasteiger partial charge is 0.392 e. The molecule has 1 saturated carbocycles. The standard InChI is InChI=1S/C12H24N2O/c1-10(14-7-2-3-8-14)9-13-11-5-4-6-12(11)15/h10-13,15H,2-9H2,1H3. The van der Waals surface area contributed by atoms with E-state index in [0.29, 0.717) is 12.1 Å². The Morgan fingerprint density at radius 2 is 2.00 bits per heavy atom. The minimum absolute atomic E-state index is 0.101. The monoisotopic (exact) mass is 212 g/mol. The normalized spacial score (nSPS) is 34.8. The topological polar surface area (TPSA) is 35.5 Å². The number of hydrogen-bond acceptors (Lipinski definition) is 3. The third-order valence-electron chi connectivity index (χ3n) is 3.92. The molecule has 88 valence electrons. The molecule has 0 aromatic carbocycles. The minimum Gasteiger partial charge on any atom is -0.392 e. The zero-order chi connectivity index (χ0) is 10.7. The maximum absolute atomic E-state index is 9.69. The van der Waals surface area contributed by atoms with Crippen molar-refractivity contribution >= 4 is 0 Å². The Labute approximate surface area is 92.8 Å². The molecule has 1 saturated heterocycles. The summed E-state index contributed by atoms with van der Waals surface area (Å²) < 4.78 is 0. The Hall–Kier alpha value is -0.120. The van der Waals surface area contributed by atoms with Crippen molar-refractivity contribution in [1.82, 2.24) is 10.2 Å². The Morgan fingerprint density at radius 3 is 2.60 bits per heavy atom. The van der Waals surface area contributed by atoms with E-state index in [-0.39, 0.29) is 6.10 Å². The highest BCUT2D eigenvalue weighted by Gasteiger charge is 2.26. The van der Waals surface area contributed by atoms with Crippen LogP contribution >= 0.6 is 0 Å². The molecule has 2 rings (SSSR count). The van der Waals surface area contributed by atoms with Gasteiger partial charge in [-0.1, -0.05) is 0 Å². The number of aliphatic hydroxyl groups excluding tert-OH is 1. The summed E-state index contributed by atoms with van der Waals surface area (Å²) in [5.74, 6) is 0. The van der Waals surface area contributed by atoms with Crippen molar-refractivity contribution in [3.05, 3.63) is 0 Å². The van der Waals surface area contributed by atoms with Gasteiger partial charge in [0, 0.05) is 18.6 Å². The first-order chi connectivity index (χ1) is 7.27. The highest BCUT2D eigenvalue weighted by Crippen LogP contribution is 2.19. The Morgan fingerprint density at radius 1 is 1.27 bits per heavy atom. The number of nitrogens with one attached hydrogen (secondary N) is 1. The quantitative estimate of drug-likeness (QED) is 0.729. The molecule has 0 radical (unpaired) electrons. The molecule has 0 bridgehead atoms. The van der Waals surface area contributed by atoms with Crippen LogP contribution in [0.15, 0.2) is 0 Å². The van der Waals surface area contributed by atoms with Crippen molar-refractivity contribution in [2.45, 2.75) is 57.2 Å². The van der Waals surface area contributed by atoms with Gasteiger partial charge in [-0.25, -0.2) is 0 Å².